The molecule has 6 atom stereocenters. The van der Waals surface area contributed by atoms with E-state index in [1.165, 1.54) is 12.7 Å². The van der Waals surface area contributed by atoms with Gasteiger partial charge in [-0.05, 0) is 19.3 Å². The zero-order chi connectivity index (χ0) is 19.0. The molecular weight excluding hydrogens is 342 g/mol. The number of hydrogen-bond acceptors (Lipinski definition) is 9. The van der Waals surface area contributed by atoms with Gasteiger partial charge in [-0.15, -0.1) is 0 Å². The maximum absolute atomic E-state index is 10.8. The van der Waals surface area contributed by atoms with Crippen LogP contribution in [0.3, 0.4) is 0 Å². The van der Waals surface area contributed by atoms with Gasteiger partial charge < -0.3 is 37.1 Å². The first kappa shape index (κ1) is 18.5. The first-order chi connectivity index (χ1) is 12.3. The average molecular weight is 365 g/mol. The lowest BCUT2D eigenvalue weighted by molar-refractivity contribution is -0.138. The quantitative estimate of drug-likeness (QED) is 0.339. The normalized spacial score (nSPS) is 28.3. The number of nitrogens with two attached hydrogens (primary N) is 3. The van der Waals surface area contributed by atoms with E-state index < -0.39 is 42.2 Å². The third-order valence-electron chi connectivity index (χ3n) is 5.12. The Morgan fingerprint density at radius 3 is 2.65 bits per heavy atom. The van der Waals surface area contributed by atoms with Gasteiger partial charge in [-0.1, -0.05) is 0 Å². The van der Waals surface area contributed by atoms with Crippen LogP contribution in [0.2, 0.25) is 0 Å². The molecule has 2 heterocycles. The Hall–Kier alpha value is -2.34. The Labute approximate surface area is 148 Å². The number of nitrogen functional groups attached to an aromatic ring is 1. The predicted molar refractivity (Wildman–Crippen MR) is 91.7 cm³/mol. The minimum Gasteiger partial charge on any atom is -0.480 e. The topological polar surface area (TPSA) is 199 Å². The number of anilines is 1. The number of carboxylic acids is 1. The number of carboxylic acid groups (broad SMARTS) is 1. The molecule has 2 aromatic rings. The highest BCUT2D eigenvalue weighted by atomic mass is 16.4. The SMILES string of the molecule is Nc1ncnc2c1ncn2[C@@H]1C[C@H]([C@@H](N)CC[C@H](N)C(=O)O)[C@@H](O)[C@H]1O. The van der Waals surface area contributed by atoms with Crippen molar-refractivity contribution < 1.29 is 20.1 Å². The van der Waals surface area contributed by atoms with Gasteiger partial charge in [-0.25, -0.2) is 15.0 Å². The molecule has 0 aromatic carbocycles. The second-order valence-electron chi connectivity index (χ2n) is 6.72. The fourth-order valence-electron chi connectivity index (χ4n) is 3.57. The van der Waals surface area contributed by atoms with Crippen molar-refractivity contribution in [3.63, 3.8) is 0 Å². The van der Waals surface area contributed by atoms with Crippen molar-refractivity contribution in [2.75, 3.05) is 5.73 Å². The van der Waals surface area contributed by atoms with Crippen LogP contribution < -0.4 is 17.2 Å². The molecule has 11 nitrogen and oxygen atoms in total. The summed E-state index contributed by atoms with van der Waals surface area (Å²) >= 11 is 0. The number of rotatable bonds is 6. The summed E-state index contributed by atoms with van der Waals surface area (Å²) < 4.78 is 1.66. The highest BCUT2D eigenvalue weighted by Crippen LogP contribution is 2.39. The fraction of sp³-hybridized carbons (Fsp3) is 0.600. The molecule has 0 saturated heterocycles. The highest BCUT2D eigenvalue weighted by Gasteiger charge is 2.45. The van der Waals surface area contributed by atoms with E-state index in [-0.39, 0.29) is 12.2 Å². The van der Waals surface area contributed by atoms with Gasteiger partial charge >= 0.3 is 5.97 Å². The molecule has 142 valence electrons. The second-order valence-corrected chi connectivity index (χ2v) is 6.72. The lowest BCUT2D eigenvalue weighted by atomic mass is 9.91. The summed E-state index contributed by atoms with van der Waals surface area (Å²) in [6.07, 6.45) is 1.61. The van der Waals surface area contributed by atoms with E-state index in [2.05, 4.69) is 15.0 Å². The van der Waals surface area contributed by atoms with Crippen LogP contribution >= 0.6 is 0 Å². The Balaban J connectivity index is 1.77. The number of aliphatic hydroxyl groups is 2. The standard InChI is InChI=1S/C15H23N7O4/c16-7(1-2-8(17)15(25)26)6-3-9(12(24)11(6)23)22-5-21-10-13(18)19-4-20-14(10)22/h4-9,11-12,23-24H,1-3,16-17H2,(H,25,26)(H2,18,19,20)/t6-,7+,8+,9-,11-,12+/m1/s1. The molecule has 0 bridgehead atoms. The molecule has 0 spiro atoms. The summed E-state index contributed by atoms with van der Waals surface area (Å²) in [4.78, 5) is 23.0. The van der Waals surface area contributed by atoms with E-state index in [1.807, 2.05) is 0 Å². The molecular formula is C15H23N7O4. The van der Waals surface area contributed by atoms with Crippen molar-refractivity contribution in [2.45, 2.75) is 49.6 Å². The zero-order valence-corrected chi connectivity index (χ0v) is 14.0. The summed E-state index contributed by atoms with van der Waals surface area (Å²) in [6, 6.07) is -1.98. The van der Waals surface area contributed by atoms with Crippen molar-refractivity contribution in [3.05, 3.63) is 12.7 Å². The fourth-order valence-corrected chi connectivity index (χ4v) is 3.57. The van der Waals surface area contributed by atoms with E-state index >= 15 is 0 Å². The van der Waals surface area contributed by atoms with E-state index in [1.54, 1.807) is 4.57 Å². The van der Waals surface area contributed by atoms with Gasteiger partial charge in [0.05, 0.1) is 18.5 Å². The van der Waals surface area contributed by atoms with Crippen LogP contribution in [0, 0.1) is 5.92 Å². The molecule has 3 rings (SSSR count). The number of aliphatic carboxylic acids is 1. The summed E-state index contributed by atoms with van der Waals surface area (Å²) in [5, 5.41) is 29.8. The minimum absolute atomic E-state index is 0.193. The van der Waals surface area contributed by atoms with E-state index in [0.29, 0.717) is 24.0 Å². The third kappa shape index (κ3) is 3.21. The molecule has 26 heavy (non-hydrogen) atoms. The van der Waals surface area contributed by atoms with Crippen molar-refractivity contribution in [1.29, 1.82) is 0 Å². The van der Waals surface area contributed by atoms with Crippen molar-refractivity contribution >= 4 is 23.0 Å². The summed E-state index contributed by atoms with van der Waals surface area (Å²) in [6.45, 7) is 0. The summed E-state index contributed by atoms with van der Waals surface area (Å²) in [5.74, 6) is -1.27. The Morgan fingerprint density at radius 2 is 1.96 bits per heavy atom. The predicted octanol–water partition coefficient (Wildman–Crippen LogP) is -1.79. The van der Waals surface area contributed by atoms with Gasteiger partial charge in [0.25, 0.3) is 0 Å². The Kier molecular flexibility index (Phi) is 5.05. The van der Waals surface area contributed by atoms with E-state index in [9.17, 15) is 15.0 Å². The molecule has 0 radical (unpaired) electrons. The van der Waals surface area contributed by atoms with Crippen LogP contribution in [0.4, 0.5) is 5.82 Å². The first-order valence-electron chi connectivity index (χ1n) is 8.34. The van der Waals surface area contributed by atoms with Gasteiger partial charge in [0, 0.05) is 12.0 Å². The molecule has 11 heteroatoms. The zero-order valence-electron chi connectivity index (χ0n) is 14.0. The number of fused-ring (bicyclic) bond motifs is 1. The number of imidazole rings is 1. The van der Waals surface area contributed by atoms with Crippen LogP contribution in [0.15, 0.2) is 12.7 Å². The number of carbonyl (C=O) groups is 1. The van der Waals surface area contributed by atoms with Crippen LogP contribution in [0.1, 0.15) is 25.3 Å². The monoisotopic (exact) mass is 365 g/mol. The van der Waals surface area contributed by atoms with Gasteiger partial charge in [0.15, 0.2) is 11.5 Å². The maximum Gasteiger partial charge on any atom is 0.320 e. The summed E-state index contributed by atoms with van der Waals surface area (Å²) in [7, 11) is 0. The van der Waals surface area contributed by atoms with Gasteiger partial charge in [0.2, 0.25) is 0 Å². The lowest BCUT2D eigenvalue weighted by Gasteiger charge is -2.23. The third-order valence-corrected chi connectivity index (χ3v) is 5.12. The molecule has 0 amide bonds. The van der Waals surface area contributed by atoms with E-state index in [0.717, 1.165) is 0 Å². The van der Waals surface area contributed by atoms with Crippen LogP contribution in [-0.4, -0.2) is 65.1 Å². The molecule has 0 unspecified atom stereocenters. The molecule has 1 aliphatic rings. The molecule has 1 saturated carbocycles. The van der Waals surface area contributed by atoms with Gasteiger partial charge in [-0.3, -0.25) is 4.79 Å². The molecule has 1 aliphatic carbocycles. The van der Waals surface area contributed by atoms with Crippen molar-refractivity contribution in [1.82, 2.24) is 19.5 Å². The van der Waals surface area contributed by atoms with Crippen molar-refractivity contribution in [3.8, 4) is 0 Å². The Bertz CT molecular complexity index is 797. The number of aliphatic hydroxyl groups excluding tert-OH is 2. The van der Waals surface area contributed by atoms with Crippen molar-refractivity contribution in [2.24, 2.45) is 17.4 Å². The molecule has 1 fully saturated rings. The number of hydrogen-bond donors (Lipinski definition) is 6. The smallest absolute Gasteiger partial charge is 0.320 e. The van der Waals surface area contributed by atoms with Crippen LogP contribution in [0.25, 0.3) is 11.2 Å². The highest BCUT2D eigenvalue weighted by molar-refractivity contribution is 5.81. The average Bonchev–Trinajstić information content (AvgIpc) is 3.15. The number of nitrogens with zero attached hydrogens (tertiary/aromatic N) is 4. The van der Waals surface area contributed by atoms with Gasteiger partial charge in [0.1, 0.15) is 24.0 Å². The molecule has 9 N–H and O–H groups in total. The molecule has 2 aromatic heterocycles. The van der Waals surface area contributed by atoms with Crippen LogP contribution in [-0.2, 0) is 4.79 Å². The maximum atomic E-state index is 10.8. The Morgan fingerprint density at radius 1 is 1.23 bits per heavy atom. The first-order valence-corrected chi connectivity index (χ1v) is 8.34. The molecule has 0 aliphatic heterocycles. The van der Waals surface area contributed by atoms with E-state index in [4.69, 9.17) is 22.3 Å². The van der Waals surface area contributed by atoms with Crippen LogP contribution in [0.5, 0.6) is 0 Å². The number of aromatic nitrogens is 4. The lowest BCUT2D eigenvalue weighted by Crippen LogP contribution is -2.40. The summed E-state index contributed by atoms with van der Waals surface area (Å²) in [5.41, 5.74) is 18.3. The minimum atomic E-state index is -1.09. The largest absolute Gasteiger partial charge is 0.480 e. The van der Waals surface area contributed by atoms with Gasteiger partial charge in [-0.2, -0.15) is 0 Å². The second kappa shape index (κ2) is 7.11.